The highest BCUT2D eigenvalue weighted by atomic mass is 32.1. The Kier molecular flexibility index (Phi) is 2.46. The number of hydrogen-bond donors (Lipinski definition) is 1. The first-order valence-electron chi connectivity index (χ1n) is 5.51. The third kappa shape index (κ3) is 1.64. The summed E-state index contributed by atoms with van der Waals surface area (Å²) in [6.07, 6.45) is 5.10. The highest BCUT2D eigenvalue weighted by Crippen LogP contribution is 2.35. The van der Waals surface area contributed by atoms with E-state index in [0.717, 1.165) is 30.0 Å². The van der Waals surface area contributed by atoms with Crippen molar-refractivity contribution in [2.75, 3.05) is 0 Å². The van der Waals surface area contributed by atoms with Crippen molar-refractivity contribution in [2.45, 2.75) is 25.3 Å². The van der Waals surface area contributed by atoms with Gasteiger partial charge in [-0.25, -0.2) is 4.98 Å². The van der Waals surface area contributed by atoms with Gasteiger partial charge in [0.2, 0.25) is 0 Å². The van der Waals surface area contributed by atoms with Gasteiger partial charge in [0.05, 0.1) is 11.4 Å². The van der Waals surface area contributed by atoms with Gasteiger partial charge in [-0.1, -0.05) is 6.07 Å². The molecule has 0 bridgehead atoms. The molecule has 0 aliphatic heterocycles. The van der Waals surface area contributed by atoms with Gasteiger partial charge in [-0.2, -0.15) is 0 Å². The Bertz CT molecular complexity index is 492. The zero-order valence-corrected chi connectivity index (χ0v) is 9.70. The molecule has 2 aromatic heterocycles. The van der Waals surface area contributed by atoms with Crippen LogP contribution in [0.3, 0.4) is 0 Å². The van der Waals surface area contributed by atoms with Crippen molar-refractivity contribution >= 4 is 11.3 Å². The number of fused-ring (bicyclic) bond motifs is 1. The topological polar surface area (TPSA) is 51.8 Å². The summed E-state index contributed by atoms with van der Waals surface area (Å²) in [5.74, 6) is 0. The van der Waals surface area contributed by atoms with E-state index in [1.54, 1.807) is 17.5 Å². The van der Waals surface area contributed by atoms with E-state index >= 15 is 0 Å². The molecule has 2 heterocycles. The van der Waals surface area contributed by atoms with E-state index in [0.29, 0.717) is 0 Å². The average molecular weight is 231 g/mol. The smallest absolute Gasteiger partial charge is 0.142 e. The van der Waals surface area contributed by atoms with Gasteiger partial charge >= 0.3 is 0 Å². The summed E-state index contributed by atoms with van der Waals surface area (Å²) in [7, 11) is 0. The quantitative estimate of drug-likeness (QED) is 0.820. The maximum atomic E-state index is 6.09. The summed E-state index contributed by atoms with van der Waals surface area (Å²) in [5, 5.41) is 1.00. The SMILES string of the molecule is NC1CCCc2nc(-c3ccccn3)sc21. The third-order valence-corrected chi connectivity index (χ3v) is 4.13. The van der Waals surface area contributed by atoms with Crippen LogP contribution in [0.4, 0.5) is 0 Å². The Morgan fingerprint density at radius 1 is 1.38 bits per heavy atom. The maximum absolute atomic E-state index is 6.09. The molecule has 0 amide bonds. The number of rotatable bonds is 1. The molecule has 0 aromatic carbocycles. The van der Waals surface area contributed by atoms with E-state index < -0.39 is 0 Å². The number of hydrogen-bond acceptors (Lipinski definition) is 4. The van der Waals surface area contributed by atoms with Gasteiger partial charge in [0.1, 0.15) is 5.01 Å². The number of nitrogens with two attached hydrogens (primary N) is 1. The Balaban J connectivity index is 2.05. The molecule has 0 fully saturated rings. The molecule has 4 heteroatoms. The van der Waals surface area contributed by atoms with E-state index in [9.17, 15) is 0 Å². The van der Waals surface area contributed by atoms with Crippen LogP contribution in [-0.4, -0.2) is 9.97 Å². The second kappa shape index (κ2) is 3.96. The standard InChI is InChI=1S/C12H13N3S/c13-8-4-3-6-9-11(8)16-12(15-9)10-5-1-2-7-14-10/h1-2,5,7-8H,3-4,6,13H2. The summed E-state index contributed by atoms with van der Waals surface area (Å²) in [4.78, 5) is 10.2. The first-order chi connectivity index (χ1) is 7.84. The molecule has 0 spiro atoms. The van der Waals surface area contributed by atoms with Gasteiger partial charge in [-0.3, -0.25) is 4.98 Å². The predicted molar refractivity (Wildman–Crippen MR) is 65.2 cm³/mol. The molecule has 1 aliphatic rings. The molecule has 0 saturated heterocycles. The number of aryl methyl sites for hydroxylation is 1. The lowest BCUT2D eigenvalue weighted by atomic mass is 9.99. The van der Waals surface area contributed by atoms with Crippen LogP contribution in [-0.2, 0) is 6.42 Å². The van der Waals surface area contributed by atoms with Crippen molar-refractivity contribution in [2.24, 2.45) is 5.73 Å². The molecule has 16 heavy (non-hydrogen) atoms. The van der Waals surface area contributed by atoms with Crippen molar-refractivity contribution in [3.63, 3.8) is 0 Å². The van der Waals surface area contributed by atoms with Crippen LogP contribution < -0.4 is 5.73 Å². The molecule has 1 unspecified atom stereocenters. The molecule has 3 nitrogen and oxygen atoms in total. The van der Waals surface area contributed by atoms with Crippen LogP contribution in [0.1, 0.15) is 29.5 Å². The molecule has 1 aliphatic carbocycles. The zero-order valence-electron chi connectivity index (χ0n) is 8.89. The molecule has 82 valence electrons. The van der Waals surface area contributed by atoms with Crippen LogP contribution in [0.5, 0.6) is 0 Å². The van der Waals surface area contributed by atoms with Crippen molar-refractivity contribution in [3.05, 3.63) is 35.0 Å². The highest BCUT2D eigenvalue weighted by molar-refractivity contribution is 7.15. The first-order valence-corrected chi connectivity index (χ1v) is 6.33. The molecule has 3 rings (SSSR count). The third-order valence-electron chi connectivity index (χ3n) is 2.88. The van der Waals surface area contributed by atoms with Gasteiger partial charge in [0, 0.05) is 17.1 Å². The molecule has 1 atom stereocenters. The molecule has 2 N–H and O–H groups in total. The van der Waals surface area contributed by atoms with E-state index in [-0.39, 0.29) is 6.04 Å². The Labute approximate surface area is 98.4 Å². The average Bonchev–Trinajstić information content (AvgIpc) is 2.76. The summed E-state index contributed by atoms with van der Waals surface area (Å²) >= 11 is 1.70. The summed E-state index contributed by atoms with van der Waals surface area (Å²) < 4.78 is 0. The minimum Gasteiger partial charge on any atom is -0.323 e. The van der Waals surface area contributed by atoms with Crippen LogP contribution in [0.2, 0.25) is 0 Å². The Hall–Kier alpha value is -1.26. The second-order valence-electron chi connectivity index (χ2n) is 4.04. The van der Waals surface area contributed by atoms with Gasteiger partial charge in [-0.15, -0.1) is 11.3 Å². The van der Waals surface area contributed by atoms with E-state index in [2.05, 4.69) is 9.97 Å². The van der Waals surface area contributed by atoms with Crippen LogP contribution in [0.15, 0.2) is 24.4 Å². The van der Waals surface area contributed by atoms with Gasteiger partial charge < -0.3 is 5.73 Å². The fourth-order valence-corrected chi connectivity index (χ4v) is 3.18. The summed E-state index contributed by atoms with van der Waals surface area (Å²) in [6, 6.07) is 6.08. The molecule has 0 radical (unpaired) electrons. The molecule has 2 aromatic rings. The predicted octanol–water partition coefficient (Wildman–Crippen LogP) is 2.54. The first kappa shape index (κ1) is 9.93. The number of aromatic nitrogens is 2. The van der Waals surface area contributed by atoms with Crippen molar-refractivity contribution in [3.8, 4) is 10.7 Å². The molecular formula is C12H13N3S. The van der Waals surface area contributed by atoms with E-state index in [4.69, 9.17) is 5.73 Å². The number of thiazole rings is 1. The van der Waals surface area contributed by atoms with Gasteiger partial charge in [-0.05, 0) is 31.4 Å². The summed E-state index contributed by atoms with van der Waals surface area (Å²) in [5.41, 5.74) is 8.23. The molecule has 0 saturated carbocycles. The maximum Gasteiger partial charge on any atom is 0.142 e. The lowest BCUT2D eigenvalue weighted by molar-refractivity contribution is 0.573. The van der Waals surface area contributed by atoms with Crippen LogP contribution >= 0.6 is 11.3 Å². The Morgan fingerprint density at radius 2 is 2.31 bits per heavy atom. The van der Waals surface area contributed by atoms with E-state index in [1.165, 1.54) is 10.6 Å². The lowest BCUT2D eigenvalue weighted by Crippen LogP contribution is -2.15. The monoisotopic (exact) mass is 231 g/mol. The largest absolute Gasteiger partial charge is 0.323 e. The van der Waals surface area contributed by atoms with Crippen molar-refractivity contribution in [1.29, 1.82) is 0 Å². The number of nitrogens with zero attached hydrogens (tertiary/aromatic N) is 2. The minimum atomic E-state index is 0.179. The van der Waals surface area contributed by atoms with Gasteiger partial charge in [0.25, 0.3) is 0 Å². The molecular weight excluding hydrogens is 218 g/mol. The fraction of sp³-hybridized carbons (Fsp3) is 0.333. The highest BCUT2D eigenvalue weighted by Gasteiger charge is 2.22. The minimum absolute atomic E-state index is 0.179. The number of pyridine rings is 1. The summed E-state index contributed by atoms with van der Waals surface area (Å²) in [6.45, 7) is 0. The van der Waals surface area contributed by atoms with E-state index in [1.807, 2.05) is 18.2 Å². The zero-order chi connectivity index (χ0) is 11.0. The normalized spacial score (nSPS) is 19.4. The Morgan fingerprint density at radius 3 is 3.06 bits per heavy atom. The second-order valence-corrected chi connectivity index (χ2v) is 5.07. The van der Waals surface area contributed by atoms with Crippen LogP contribution in [0.25, 0.3) is 10.7 Å². The van der Waals surface area contributed by atoms with Crippen molar-refractivity contribution < 1.29 is 0 Å². The van der Waals surface area contributed by atoms with Crippen LogP contribution in [0, 0.1) is 0 Å². The fourth-order valence-electron chi connectivity index (χ4n) is 2.05. The van der Waals surface area contributed by atoms with Gasteiger partial charge in [0.15, 0.2) is 0 Å². The van der Waals surface area contributed by atoms with Crippen molar-refractivity contribution in [1.82, 2.24) is 9.97 Å². The lowest BCUT2D eigenvalue weighted by Gasteiger charge is -2.15.